The fourth-order valence-electron chi connectivity index (χ4n) is 2.03. The topological polar surface area (TPSA) is 104 Å². The summed E-state index contributed by atoms with van der Waals surface area (Å²) in [6, 6.07) is 5.93. The number of amides is 1. The van der Waals surface area contributed by atoms with Gasteiger partial charge in [0.15, 0.2) is 0 Å². The summed E-state index contributed by atoms with van der Waals surface area (Å²) < 4.78 is 12.4. The van der Waals surface area contributed by atoms with Crippen molar-refractivity contribution in [2.75, 3.05) is 19.6 Å². The van der Waals surface area contributed by atoms with Crippen LogP contribution in [0.15, 0.2) is 33.9 Å². The van der Waals surface area contributed by atoms with E-state index in [1.54, 1.807) is 12.1 Å². The van der Waals surface area contributed by atoms with Gasteiger partial charge >= 0.3 is 5.69 Å². The maximum Gasteiger partial charge on any atom is 0.332 e. The highest BCUT2D eigenvalue weighted by Gasteiger charge is 2.14. The molecule has 1 aromatic carbocycles. The van der Waals surface area contributed by atoms with Crippen LogP contribution in [0.1, 0.15) is 10.4 Å². The van der Waals surface area contributed by atoms with Gasteiger partial charge in [0, 0.05) is 26.2 Å². The zero-order chi connectivity index (χ0) is 17.9. The van der Waals surface area contributed by atoms with Crippen molar-refractivity contribution >= 4 is 11.7 Å². The summed E-state index contributed by atoms with van der Waals surface area (Å²) in [6.07, 6.45) is 0. The fourth-order valence-corrected chi connectivity index (χ4v) is 2.03. The second-order valence-electron chi connectivity index (χ2n) is 4.91. The molecule has 0 fully saturated rings. The number of benzene rings is 1. The van der Waals surface area contributed by atoms with Crippen LogP contribution in [-0.2, 0) is 14.1 Å². The number of carbonyl (C=O) groups is 1. The first kappa shape index (κ1) is 17.1. The maximum atomic E-state index is 12.3. The minimum Gasteiger partial charge on any atom is -0.497 e. The molecule has 24 heavy (non-hydrogen) atoms. The summed E-state index contributed by atoms with van der Waals surface area (Å²) in [7, 11) is 5.79. The Bertz CT molecular complexity index is 884. The molecule has 0 aliphatic rings. The number of hydrogen-bond donors (Lipinski definition) is 2. The Balaban J connectivity index is 2.23. The third kappa shape index (κ3) is 3.24. The Kier molecular flexibility index (Phi) is 4.93. The van der Waals surface area contributed by atoms with Gasteiger partial charge in [-0.1, -0.05) is 0 Å². The minimum atomic E-state index is -0.513. The number of carbonyl (C=O) groups excluding carboxylic acids is 1. The SMILES string of the molecule is COc1ccc(C(=O)NNc2cc(=O)n(C)c(=O)n2C)c(OC)c1. The Hall–Kier alpha value is -3.23. The van der Waals surface area contributed by atoms with Crippen molar-refractivity contribution in [1.29, 1.82) is 0 Å². The second kappa shape index (κ2) is 6.90. The molecule has 1 amide bonds. The molecule has 1 aromatic heterocycles. The van der Waals surface area contributed by atoms with Gasteiger partial charge in [-0.15, -0.1) is 0 Å². The molecule has 9 heteroatoms. The van der Waals surface area contributed by atoms with Crippen LogP contribution in [0.25, 0.3) is 0 Å². The van der Waals surface area contributed by atoms with Crippen LogP contribution in [0.4, 0.5) is 5.82 Å². The van der Waals surface area contributed by atoms with Crippen molar-refractivity contribution in [2.24, 2.45) is 14.1 Å². The molecular weight excluding hydrogens is 316 g/mol. The molecule has 128 valence electrons. The number of methoxy groups -OCH3 is 2. The van der Waals surface area contributed by atoms with E-state index in [2.05, 4.69) is 10.9 Å². The van der Waals surface area contributed by atoms with Crippen molar-refractivity contribution in [3.05, 3.63) is 50.7 Å². The molecule has 1 heterocycles. The average molecular weight is 334 g/mol. The lowest BCUT2D eigenvalue weighted by molar-refractivity contribution is 0.0959. The van der Waals surface area contributed by atoms with E-state index in [9.17, 15) is 14.4 Å². The van der Waals surface area contributed by atoms with E-state index in [0.717, 1.165) is 4.57 Å². The number of aromatic nitrogens is 2. The maximum absolute atomic E-state index is 12.3. The van der Waals surface area contributed by atoms with Crippen LogP contribution >= 0.6 is 0 Å². The fraction of sp³-hybridized carbons (Fsp3) is 0.267. The number of rotatable bonds is 5. The summed E-state index contributed by atoms with van der Waals surface area (Å²) in [4.78, 5) is 35.8. The lowest BCUT2D eigenvalue weighted by Gasteiger charge is -2.14. The number of nitrogens with one attached hydrogen (secondary N) is 2. The first-order chi connectivity index (χ1) is 11.4. The van der Waals surface area contributed by atoms with Crippen molar-refractivity contribution in [3.63, 3.8) is 0 Å². The van der Waals surface area contributed by atoms with Gasteiger partial charge in [0.25, 0.3) is 11.5 Å². The molecule has 2 N–H and O–H groups in total. The molecule has 0 bridgehead atoms. The van der Waals surface area contributed by atoms with Crippen molar-refractivity contribution in [1.82, 2.24) is 14.6 Å². The molecular formula is C15H18N4O5. The van der Waals surface area contributed by atoms with Crippen molar-refractivity contribution in [2.45, 2.75) is 0 Å². The molecule has 0 saturated heterocycles. The Labute approximate surface area is 137 Å². The standard InChI is InChI=1S/C15H18N4O5/c1-18-12(8-13(20)19(2)15(18)22)16-17-14(21)10-6-5-9(23-3)7-11(10)24-4/h5-8,16H,1-4H3,(H,17,21). The largest absolute Gasteiger partial charge is 0.497 e. The van der Waals surface area contributed by atoms with Gasteiger partial charge in [-0.25, -0.2) is 4.79 Å². The van der Waals surface area contributed by atoms with Crippen LogP contribution in [0, 0.1) is 0 Å². The Morgan fingerprint density at radius 2 is 1.75 bits per heavy atom. The molecule has 0 radical (unpaired) electrons. The zero-order valence-electron chi connectivity index (χ0n) is 13.7. The third-order valence-electron chi connectivity index (χ3n) is 3.48. The lowest BCUT2D eigenvalue weighted by Crippen LogP contribution is -2.40. The average Bonchev–Trinajstić information content (AvgIpc) is 2.60. The number of hydrogen-bond acceptors (Lipinski definition) is 6. The number of nitrogens with zero attached hydrogens (tertiary/aromatic N) is 2. The smallest absolute Gasteiger partial charge is 0.332 e. The van der Waals surface area contributed by atoms with Gasteiger partial charge in [0.1, 0.15) is 17.3 Å². The Morgan fingerprint density at radius 3 is 2.38 bits per heavy atom. The van der Waals surface area contributed by atoms with Gasteiger partial charge in [0.05, 0.1) is 19.8 Å². The highest BCUT2D eigenvalue weighted by Crippen LogP contribution is 2.24. The van der Waals surface area contributed by atoms with E-state index in [1.807, 2.05) is 0 Å². The highest BCUT2D eigenvalue weighted by molar-refractivity contribution is 5.97. The quantitative estimate of drug-likeness (QED) is 0.738. The lowest BCUT2D eigenvalue weighted by atomic mass is 10.2. The Morgan fingerprint density at radius 1 is 1.04 bits per heavy atom. The van der Waals surface area contributed by atoms with Crippen molar-refractivity contribution in [3.8, 4) is 11.5 Å². The number of anilines is 1. The predicted octanol–water partition coefficient (Wildman–Crippen LogP) is -0.142. The van der Waals surface area contributed by atoms with E-state index in [1.165, 1.54) is 45.0 Å². The first-order valence-corrected chi connectivity index (χ1v) is 6.94. The van der Waals surface area contributed by atoms with Gasteiger partial charge in [-0.05, 0) is 12.1 Å². The van der Waals surface area contributed by atoms with E-state index in [-0.39, 0.29) is 11.4 Å². The summed E-state index contributed by atoms with van der Waals surface area (Å²) in [5.41, 5.74) is 4.25. The van der Waals surface area contributed by atoms with E-state index >= 15 is 0 Å². The van der Waals surface area contributed by atoms with Crippen molar-refractivity contribution < 1.29 is 14.3 Å². The molecule has 0 aliphatic heterocycles. The molecule has 0 atom stereocenters. The molecule has 0 saturated carbocycles. The van der Waals surface area contributed by atoms with E-state index < -0.39 is 17.2 Å². The number of hydrazine groups is 1. The predicted molar refractivity (Wildman–Crippen MR) is 87.6 cm³/mol. The van der Waals surface area contributed by atoms with Crippen LogP contribution < -0.4 is 31.6 Å². The van der Waals surface area contributed by atoms with Crippen LogP contribution in [0.5, 0.6) is 11.5 Å². The molecule has 0 spiro atoms. The van der Waals surface area contributed by atoms with Crippen LogP contribution in [0.3, 0.4) is 0 Å². The molecule has 0 aliphatic carbocycles. The normalized spacial score (nSPS) is 10.2. The summed E-state index contributed by atoms with van der Waals surface area (Å²) in [6.45, 7) is 0. The summed E-state index contributed by atoms with van der Waals surface area (Å²) >= 11 is 0. The van der Waals surface area contributed by atoms with E-state index in [4.69, 9.17) is 9.47 Å². The molecule has 0 unspecified atom stereocenters. The molecule has 9 nitrogen and oxygen atoms in total. The second-order valence-corrected chi connectivity index (χ2v) is 4.91. The highest BCUT2D eigenvalue weighted by atomic mass is 16.5. The third-order valence-corrected chi connectivity index (χ3v) is 3.48. The summed E-state index contributed by atoms with van der Waals surface area (Å²) in [5.74, 6) is 0.531. The van der Waals surface area contributed by atoms with Gasteiger partial charge in [-0.3, -0.25) is 29.6 Å². The first-order valence-electron chi connectivity index (χ1n) is 6.94. The number of ether oxygens (including phenoxy) is 2. The minimum absolute atomic E-state index is 0.156. The van der Waals surface area contributed by atoms with Gasteiger partial charge in [0.2, 0.25) is 0 Å². The monoisotopic (exact) mass is 334 g/mol. The zero-order valence-corrected chi connectivity index (χ0v) is 13.7. The van der Waals surface area contributed by atoms with Gasteiger partial charge < -0.3 is 9.47 Å². The van der Waals surface area contributed by atoms with Gasteiger partial charge in [-0.2, -0.15) is 0 Å². The van der Waals surface area contributed by atoms with Crippen LogP contribution in [-0.4, -0.2) is 29.3 Å². The summed E-state index contributed by atoms with van der Waals surface area (Å²) in [5, 5.41) is 0. The van der Waals surface area contributed by atoms with E-state index in [0.29, 0.717) is 11.5 Å². The molecule has 2 aromatic rings. The van der Waals surface area contributed by atoms with Crippen LogP contribution in [0.2, 0.25) is 0 Å². The molecule has 2 rings (SSSR count).